The Bertz CT molecular complexity index is 963. The molecule has 3 rings (SSSR count). The molecule has 1 amide bonds. The summed E-state index contributed by atoms with van der Waals surface area (Å²) in [4.78, 5) is 19.1. The molecule has 0 bridgehead atoms. The minimum absolute atomic E-state index is 0.0932. The first-order chi connectivity index (χ1) is 13.0. The molecule has 1 unspecified atom stereocenters. The van der Waals surface area contributed by atoms with Crippen LogP contribution in [0.3, 0.4) is 0 Å². The van der Waals surface area contributed by atoms with E-state index in [1.165, 1.54) is 19.5 Å². The fourth-order valence-electron chi connectivity index (χ4n) is 2.62. The third-order valence-corrected chi connectivity index (χ3v) is 4.02. The normalized spacial score (nSPS) is 11.8. The van der Waals surface area contributed by atoms with Gasteiger partial charge in [0.1, 0.15) is 17.9 Å². The summed E-state index contributed by atoms with van der Waals surface area (Å²) in [6, 6.07) is 10.1. The lowest BCUT2D eigenvalue weighted by atomic mass is 10.1. The molecule has 0 spiro atoms. The molecule has 0 fully saturated rings. The minimum atomic E-state index is -0.531. The number of primary amides is 1. The van der Waals surface area contributed by atoms with Crippen LogP contribution >= 0.6 is 0 Å². The number of halogens is 1. The van der Waals surface area contributed by atoms with Gasteiger partial charge < -0.3 is 20.5 Å². The van der Waals surface area contributed by atoms with Gasteiger partial charge in [-0.3, -0.25) is 4.79 Å². The minimum Gasteiger partial charge on any atom is -0.494 e. The lowest BCUT2D eigenvalue weighted by molar-refractivity contribution is -0.119. The van der Waals surface area contributed by atoms with Crippen LogP contribution in [-0.4, -0.2) is 29.6 Å². The molecular weight excluding hydrogens is 351 g/mol. The van der Waals surface area contributed by atoms with E-state index < -0.39 is 11.7 Å². The molecule has 0 saturated carbocycles. The number of hydrogen-bond acceptors (Lipinski definition) is 6. The van der Waals surface area contributed by atoms with Gasteiger partial charge in [0, 0.05) is 17.5 Å². The maximum absolute atomic E-state index is 13.9. The number of carbonyl (C=O) groups excluding carboxylic acids is 1. The van der Waals surface area contributed by atoms with Crippen LogP contribution in [0.4, 0.5) is 10.2 Å². The highest BCUT2D eigenvalue weighted by molar-refractivity contribution is 5.90. The van der Waals surface area contributed by atoms with Gasteiger partial charge in [0.05, 0.1) is 12.6 Å². The second kappa shape index (κ2) is 7.86. The Morgan fingerprint density at radius 3 is 2.67 bits per heavy atom. The standard InChI is InChI=1S/C19H19FN4O3/c1-11(12-3-5-13(6-4-12)27-9-18(21)25)24-19-14-7-17(26-2)15(20)8-16(14)22-10-23-19/h3-8,10-11H,9H2,1-2H3,(H2,21,25)(H,22,23,24). The van der Waals surface area contributed by atoms with Gasteiger partial charge in [0.25, 0.3) is 5.91 Å². The van der Waals surface area contributed by atoms with Crippen LogP contribution < -0.4 is 20.5 Å². The number of ether oxygens (including phenoxy) is 2. The molecule has 8 heteroatoms. The number of rotatable bonds is 7. The van der Waals surface area contributed by atoms with Gasteiger partial charge in [-0.15, -0.1) is 0 Å². The first kappa shape index (κ1) is 18.4. The fourth-order valence-corrected chi connectivity index (χ4v) is 2.62. The van der Waals surface area contributed by atoms with Crippen LogP contribution in [-0.2, 0) is 4.79 Å². The van der Waals surface area contributed by atoms with Crippen molar-refractivity contribution < 1.29 is 18.7 Å². The van der Waals surface area contributed by atoms with Crippen LogP contribution in [0.25, 0.3) is 10.9 Å². The summed E-state index contributed by atoms with van der Waals surface area (Å²) >= 11 is 0. The summed E-state index contributed by atoms with van der Waals surface area (Å²) in [6.07, 6.45) is 1.38. The number of methoxy groups -OCH3 is 1. The molecule has 3 aromatic rings. The molecule has 1 aromatic heterocycles. The zero-order chi connectivity index (χ0) is 19.4. The number of nitrogens with zero attached hydrogens (tertiary/aromatic N) is 2. The van der Waals surface area contributed by atoms with Crippen LogP contribution in [0.1, 0.15) is 18.5 Å². The first-order valence-corrected chi connectivity index (χ1v) is 8.23. The first-order valence-electron chi connectivity index (χ1n) is 8.23. The molecule has 3 N–H and O–H groups in total. The van der Waals surface area contributed by atoms with E-state index >= 15 is 0 Å². The van der Waals surface area contributed by atoms with Gasteiger partial charge in [-0.1, -0.05) is 12.1 Å². The van der Waals surface area contributed by atoms with E-state index in [2.05, 4.69) is 15.3 Å². The summed E-state index contributed by atoms with van der Waals surface area (Å²) < 4.78 is 24.2. The van der Waals surface area contributed by atoms with E-state index in [1.807, 2.05) is 19.1 Å². The Morgan fingerprint density at radius 1 is 1.26 bits per heavy atom. The van der Waals surface area contributed by atoms with Crippen LogP contribution in [0.2, 0.25) is 0 Å². The molecule has 0 aliphatic rings. The molecule has 2 aromatic carbocycles. The Balaban J connectivity index is 1.81. The van der Waals surface area contributed by atoms with Crippen molar-refractivity contribution in [3.63, 3.8) is 0 Å². The van der Waals surface area contributed by atoms with Crippen molar-refractivity contribution in [1.82, 2.24) is 9.97 Å². The Morgan fingerprint density at radius 2 is 2.00 bits per heavy atom. The topological polar surface area (TPSA) is 99.4 Å². The van der Waals surface area contributed by atoms with Crippen LogP contribution in [0.5, 0.6) is 11.5 Å². The summed E-state index contributed by atoms with van der Waals surface area (Å²) in [7, 11) is 1.41. The maximum Gasteiger partial charge on any atom is 0.255 e. The van der Waals surface area contributed by atoms with Crippen LogP contribution in [0, 0.1) is 5.82 Å². The summed E-state index contributed by atoms with van der Waals surface area (Å²) in [5, 5.41) is 3.95. The average molecular weight is 370 g/mol. The Kier molecular flexibility index (Phi) is 5.35. The van der Waals surface area contributed by atoms with Crippen molar-refractivity contribution in [3.8, 4) is 11.5 Å². The molecule has 27 heavy (non-hydrogen) atoms. The van der Waals surface area contributed by atoms with Gasteiger partial charge in [-0.2, -0.15) is 0 Å². The van der Waals surface area contributed by atoms with Crippen molar-refractivity contribution >= 4 is 22.6 Å². The lowest BCUT2D eigenvalue weighted by Crippen LogP contribution is -2.20. The van der Waals surface area contributed by atoms with Crippen molar-refractivity contribution in [2.75, 3.05) is 19.0 Å². The summed E-state index contributed by atoms with van der Waals surface area (Å²) in [6.45, 7) is 1.80. The number of hydrogen-bond donors (Lipinski definition) is 2. The molecular formula is C19H19FN4O3. The van der Waals surface area contributed by atoms with E-state index in [4.69, 9.17) is 15.2 Å². The molecule has 140 valence electrons. The number of aromatic nitrogens is 2. The van der Waals surface area contributed by atoms with Crippen molar-refractivity contribution in [1.29, 1.82) is 0 Å². The summed E-state index contributed by atoms with van der Waals surface area (Å²) in [5.74, 6) is 0.243. The quantitative estimate of drug-likeness (QED) is 0.663. The van der Waals surface area contributed by atoms with Gasteiger partial charge in [0.15, 0.2) is 18.2 Å². The number of nitrogens with one attached hydrogen (secondary N) is 1. The third-order valence-electron chi connectivity index (χ3n) is 4.02. The molecule has 1 heterocycles. The van der Waals surface area contributed by atoms with E-state index in [0.29, 0.717) is 22.5 Å². The second-order valence-corrected chi connectivity index (χ2v) is 5.92. The van der Waals surface area contributed by atoms with E-state index in [1.54, 1.807) is 18.2 Å². The maximum atomic E-state index is 13.9. The number of benzene rings is 2. The molecule has 1 atom stereocenters. The smallest absolute Gasteiger partial charge is 0.255 e. The Hall–Kier alpha value is -3.42. The van der Waals surface area contributed by atoms with E-state index in [-0.39, 0.29) is 18.4 Å². The van der Waals surface area contributed by atoms with Crippen molar-refractivity contribution in [3.05, 3.63) is 54.1 Å². The number of nitrogens with two attached hydrogens (primary N) is 1. The Labute approximate surface area is 155 Å². The SMILES string of the molecule is COc1cc2c(NC(C)c3ccc(OCC(N)=O)cc3)ncnc2cc1F. The molecule has 0 aliphatic heterocycles. The molecule has 7 nitrogen and oxygen atoms in total. The number of carbonyl (C=O) groups is 1. The van der Waals surface area contributed by atoms with Gasteiger partial charge in [-0.25, -0.2) is 14.4 Å². The second-order valence-electron chi connectivity index (χ2n) is 5.92. The molecule has 0 aliphatic carbocycles. The van der Waals surface area contributed by atoms with Crippen LogP contribution in [0.15, 0.2) is 42.7 Å². The predicted octanol–water partition coefficient (Wildman–Crippen LogP) is 2.81. The largest absolute Gasteiger partial charge is 0.494 e. The van der Waals surface area contributed by atoms with E-state index in [9.17, 15) is 9.18 Å². The number of anilines is 1. The zero-order valence-corrected chi connectivity index (χ0v) is 14.9. The monoisotopic (exact) mass is 370 g/mol. The zero-order valence-electron chi connectivity index (χ0n) is 14.9. The van der Waals surface area contributed by atoms with E-state index in [0.717, 1.165) is 5.56 Å². The van der Waals surface area contributed by atoms with Gasteiger partial charge >= 0.3 is 0 Å². The molecule has 0 saturated heterocycles. The highest BCUT2D eigenvalue weighted by Crippen LogP contribution is 2.29. The lowest BCUT2D eigenvalue weighted by Gasteiger charge is -2.17. The predicted molar refractivity (Wildman–Crippen MR) is 99.2 cm³/mol. The van der Waals surface area contributed by atoms with Gasteiger partial charge in [-0.05, 0) is 30.7 Å². The number of amides is 1. The van der Waals surface area contributed by atoms with Crippen molar-refractivity contribution in [2.45, 2.75) is 13.0 Å². The average Bonchev–Trinajstić information content (AvgIpc) is 2.66. The third kappa shape index (κ3) is 4.22. The molecule has 0 radical (unpaired) electrons. The fraction of sp³-hybridized carbons (Fsp3) is 0.211. The van der Waals surface area contributed by atoms with Crippen molar-refractivity contribution in [2.24, 2.45) is 5.73 Å². The highest BCUT2D eigenvalue weighted by Gasteiger charge is 2.13. The highest BCUT2D eigenvalue weighted by atomic mass is 19.1. The number of fused-ring (bicyclic) bond motifs is 1. The van der Waals surface area contributed by atoms with Gasteiger partial charge in [0.2, 0.25) is 0 Å². The summed E-state index contributed by atoms with van der Waals surface area (Å²) in [5.41, 5.74) is 6.52.